The number of carbonyl (C=O) groups excluding carboxylic acids is 1. The zero-order chi connectivity index (χ0) is 17.5. The molecule has 0 aliphatic carbocycles. The number of hydrogen-bond acceptors (Lipinski definition) is 3. The lowest BCUT2D eigenvalue weighted by atomic mass is 10.0. The zero-order valence-corrected chi connectivity index (χ0v) is 14.7. The van der Waals surface area contributed by atoms with E-state index >= 15 is 0 Å². The van der Waals surface area contributed by atoms with E-state index in [0.29, 0.717) is 24.0 Å². The van der Waals surface area contributed by atoms with Crippen molar-refractivity contribution in [2.24, 2.45) is 0 Å². The number of ether oxygens (including phenoxy) is 2. The van der Waals surface area contributed by atoms with Crippen LogP contribution in [0.2, 0.25) is 0 Å². The Labute approximate surface area is 143 Å². The Balaban J connectivity index is 1.91. The van der Waals surface area contributed by atoms with Crippen molar-refractivity contribution in [3.63, 3.8) is 0 Å². The molecule has 128 valence electrons. The largest absolute Gasteiger partial charge is 0.494 e. The molecule has 0 aliphatic rings. The van der Waals surface area contributed by atoms with Gasteiger partial charge in [0.25, 0.3) is 5.91 Å². The summed E-state index contributed by atoms with van der Waals surface area (Å²) in [5, 5.41) is 2.84. The molecular weight excluding hydrogens is 302 g/mol. The number of amides is 1. The van der Waals surface area contributed by atoms with Crippen molar-refractivity contribution in [3.05, 3.63) is 54.1 Å². The highest BCUT2D eigenvalue weighted by Gasteiger charge is 2.15. The summed E-state index contributed by atoms with van der Waals surface area (Å²) < 4.78 is 11.1. The van der Waals surface area contributed by atoms with Gasteiger partial charge < -0.3 is 14.8 Å². The lowest BCUT2D eigenvalue weighted by molar-refractivity contribution is -0.122. The molecule has 0 saturated carbocycles. The molecule has 2 rings (SSSR count). The van der Waals surface area contributed by atoms with Crippen LogP contribution in [0.15, 0.2) is 48.5 Å². The molecule has 0 heterocycles. The van der Waals surface area contributed by atoms with Gasteiger partial charge in [-0.1, -0.05) is 26.0 Å². The smallest absolute Gasteiger partial charge is 0.265 e. The lowest BCUT2D eigenvalue weighted by Crippen LogP contribution is -2.30. The summed E-state index contributed by atoms with van der Waals surface area (Å²) in [6.07, 6.45) is -0.582. The number of rotatable bonds is 7. The van der Waals surface area contributed by atoms with Crippen LogP contribution >= 0.6 is 0 Å². The average molecular weight is 327 g/mol. The van der Waals surface area contributed by atoms with E-state index in [0.717, 1.165) is 5.75 Å². The molecule has 0 fully saturated rings. The van der Waals surface area contributed by atoms with Gasteiger partial charge in [0.05, 0.1) is 6.61 Å². The molecule has 4 nitrogen and oxygen atoms in total. The fraction of sp³-hybridized carbons (Fsp3) is 0.350. The van der Waals surface area contributed by atoms with Crippen LogP contribution in [0.1, 0.15) is 39.2 Å². The number of benzene rings is 2. The summed E-state index contributed by atoms with van der Waals surface area (Å²) in [6.45, 7) is 8.57. The van der Waals surface area contributed by atoms with Gasteiger partial charge in [-0.15, -0.1) is 0 Å². The average Bonchev–Trinajstić information content (AvgIpc) is 2.57. The molecule has 0 bridgehead atoms. The predicted octanol–water partition coefficient (Wildman–Crippen LogP) is 4.61. The van der Waals surface area contributed by atoms with Crippen molar-refractivity contribution in [1.29, 1.82) is 0 Å². The van der Waals surface area contributed by atoms with Gasteiger partial charge in [-0.05, 0) is 61.7 Å². The quantitative estimate of drug-likeness (QED) is 0.807. The summed E-state index contributed by atoms with van der Waals surface area (Å²) in [5.74, 6) is 1.75. The van der Waals surface area contributed by atoms with Gasteiger partial charge >= 0.3 is 0 Å². The molecule has 2 aromatic rings. The Kier molecular flexibility index (Phi) is 6.24. The first-order valence-electron chi connectivity index (χ1n) is 8.30. The standard InChI is InChI=1S/C20H25NO3/c1-5-23-18-12-8-17(9-13-18)21-20(22)15(4)24-19-10-6-16(7-11-19)14(2)3/h6-15H,5H2,1-4H3,(H,21,22)/t15-/m1/s1. The van der Waals surface area contributed by atoms with Gasteiger partial charge in [-0.25, -0.2) is 0 Å². The molecule has 0 spiro atoms. The molecule has 24 heavy (non-hydrogen) atoms. The molecule has 4 heteroatoms. The molecule has 0 unspecified atom stereocenters. The van der Waals surface area contributed by atoms with E-state index in [2.05, 4.69) is 19.2 Å². The summed E-state index contributed by atoms with van der Waals surface area (Å²) in [5.41, 5.74) is 1.96. The zero-order valence-electron chi connectivity index (χ0n) is 14.7. The summed E-state index contributed by atoms with van der Waals surface area (Å²) in [7, 11) is 0. The van der Waals surface area contributed by atoms with Crippen molar-refractivity contribution >= 4 is 11.6 Å². The lowest BCUT2D eigenvalue weighted by Gasteiger charge is -2.15. The van der Waals surface area contributed by atoms with Crippen LogP contribution in [0.3, 0.4) is 0 Å². The Morgan fingerprint density at radius 3 is 2.08 bits per heavy atom. The van der Waals surface area contributed by atoms with Crippen LogP contribution in [0.4, 0.5) is 5.69 Å². The molecular formula is C20H25NO3. The summed E-state index contributed by atoms with van der Waals surface area (Å²) in [6, 6.07) is 15.1. The van der Waals surface area contributed by atoms with Gasteiger partial charge in [0, 0.05) is 5.69 Å². The van der Waals surface area contributed by atoms with E-state index in [1.165, 1.54) is 5.56 Å². The predicted molar refractivity (Wildman–Crippen MR) is 96.9 cm³/mol. The van der Waals surface area contributed by atoms with Gasteiger partial charge in [0.1, 0.15) is 11.5 Å². The van der Waals surface area contributed by atoms with Gasteiger partial charge in [-0.2, -0.15) is 0 Å². The van der Waals surface area contributed by atoms with Crippen LogP contribution in [0.25, 0.3) is 0 Å². The highest BCUT2D eigenvalue weighted by Crippen LogP contribution is 2.20. The maximum absolute atomic E-state index is 12.2. The Morgan fingerprint density at radius 2 is 1.54 bits per heavy atom. The number of anilines is 1. The van der Waals surface area contributed by atoms with Crippen LogP contribution in [0.5, 0.6) is 11.5 Å². The van der Waals surface area contributed by atoms with Gasteiger partial charge in [0.2, 0.25) is 0 Å². The number of nitrogens with one attached hydrogen (secondary N) is 1. The summed E-state index contributed by atoms with van der Waals surface area (Å²) in [4.78, 5) is 12.2. The highest BCUT2D eigenvalue weighted by atomic mass is 16.5. The Hall–Kier alpha value is -2.49. The van der Waals surface area contributed by atoms with E-state index in [1.54, 1.807) is 6.92 Å². The molecule has 1 amide bonds. The first-order valence-corrected chi connectivity index (χ1v) is 8.30. The first-order chi connectivity index (χ1) is 11.5. The third-order valence-corrected chi connectivity index (χ3v) is 3.66. The van der Waals surface area contributed by atoms with Crippen LogP contribution in [-0.4, -0.2) is 18.6 Å². The summed E-state index contributed by atoms with van der Waals surface area (Å²) >= 11 is 0. The minimum absolute atomic E-state index is 0.188. The molecule has 0 aromatic heterocycles. The van der Waals surface area contributed by atoms with Crippen molar-refractivity contribution in [2.75, 3.05) is 11.9 Å². The molecule has 0 aliphatic heterocycles. The topological polar surface area (TPSA) is 47.6 Å². The van der Waals surface area contributed by atoms with E-state index in [-0.39, 0.29) is 5.91 Å². The van der Waals surface area contributed by atoms with E-state index < -0.39 is 6.10 Å². The molecule has 1 N–H and O–H groups in total. The maximum atomic E-state index is 12.2. The van der Waals surface area contributed by atoms with Gasteiger partial charge in [-0.3, -0.25) is 4.79 Å². The van der Waals surface area contributed by atoms with Crippen LogP contribution in [0, 0.1) is 0 Å². The molecule has 1 atom stereocenters. The second-order valence-corrected chi connectivity index (χ2v) is 5.93. The Bertz CT molecular complexity index is 648. The van der Waals surface area contributed by atoms with Crippen LogP contribution < -0.4 is 14.8 Å². The number of hydrogen-bond donors (Lipinski definition) is 1. The fourth-order valence-corrected chi connectivity index (χ4v) is 2.23. The fourth-order valence-electron chi connectivity index (χ4n) is 2.23. The van der Waals surface area contributed by atoms with Crippen molar-refractivity contribution in [1.82, 2.24) is 0 Å². The normalized spacial score (nSPS) is 11.9. The van der Waals surface area contributed by atoms with E-state index in [1.807, 2.05) is 55.5 Å². The SMILES string of the molecule is CCOc1ccc(NC(=O)[C@@H](C)Oc2ccc(C(C)C)cc2)cc1. The van der Waals surface area contributed by atoms with E-state index in [4.69, 9.17) is 9.47 Å². The Morgan fingerprint density at radius 1 is 0.958 bits per heavy atom. The minimum Gasteiger partial charge on any atom is -0.494 e. The minimum atomic E-state index is -0.582. The third-order valence-electron chi connectivity index (χ3n) is 3.66. The maximum Gasteiger partial charge on any atom is 0.265 e. The van der Waals surface area contributed by atoms with E-state index in [9.17, 15) is 4.79 Å². The highest BCUT2D eigenvalue weighted by molar-refractivity contribution is 5.94. The first kappa shape index (κ1) is 17.9. The number of carbonyl (C=O) groups is 1. The molecule has 0 radical (unpaired) electrons. The van der Waals surface area contributed by atoms with Crippen molar-refractivity contribution in [3.8, 4) is 11.5 Å². The van der Waals surface area contributed by atoms with Gasteiger partial charge in [0.15, 0.2) is 6.10 Å². The third kappa shape index (κ3) is 5.01. The van der Waals surface area contributed by atoms with Crippen LogP contribution in [-0.2, 0) is 4.79 Å². The molecule has 0 saturated heterocycles. The monoisotopic (exact) mass is 327 g/mol. The second-order valence-electron chi connectivity index (χ2n) is 5.93. The van der Waals surface area contributed by atoms with Crippen molar-refractivity contribution < 1.29 is 14.3 Å². The second kappa shape index (κ2) is 8.39. The van der Waals surface area contributed by atoms with Crippen molar-refractivity contribution in [2.45, 2.75) is 39.7 Å². The molecule has 2 aromatic carbocycles.